The lowest BCUT2D eigenvalue weighted by molar-refractivity contribution is 0.784. The van der Waals surface area contributed by atoms with Crippen molar-refractivity contribution in [3.8, 4) is 0 Å². The van der Waals surface area contributed by atoms with Gasteiger partial charge in [0.2, 0.25) is 17.1 Å². The van der Waals surface area contributed by atoms with Gasteiger partial charge in [0.05, 0.1) is 0 Å². The number of imidazole rings is 1. The molecule has 0 aliphatic carbocycles. The third kappa shape index (κ3) is 7.05. The fourth-order valence-corrected chi connectivity index (χ4v) is 2.33. The Labute approximate surface area is 152 Å². The second-order valence-corrected chi connectivity index (χ2v) is 5.55. The first-order chi connectivity index (χ1) is 12.0. The summed E-state index contributed by atoms with van der Waals surface area (Å²) in [4.78, 5) is 16.8. The number of hydrogen-bond acceptors (Lipinski definition) is 7. The Morgan fingerprint density at radius 2 is 2.00 bits per heavy atom. The number of aromatic nitrogens is 5. The molecule has 0 aliphatic heterocycles. The van der Waals surface area contributed by atoms with E-state index in [0.29, 0.717) is 11.1 Å². The van der Waals surface area contributed by atoms with Crippen LogP contribution in [-0.4, -0.2) is 24.5 Å². The van der Waals surface area contributed by atoms with Crippen LogP contribution < -0.4 is 11.1 Å². The van der Waals surface area contributed by atoms with Crippen LogP contribution in [0.1, 0.15) is 13.8 Å². The van der Waals surface area contributed by atoms with Crippen molar-refractivity contribution in [2.45, 2.75) is 24.2 Å². The highest BCUT2D eigenvalue weighted by molar-refractivity contribution is 7.99. The summed E-state index contributed by atoms with van der Waals surface area (Å²) in [5, 5.41) is 4.32. The van der Waals surface area contributed by atoms with Gasteiger partial charge in [-0.15, -0.1) is 6.58 Å². The third-order valence-electron chi connectivity index (χ3n) is 2.49. The molecule has 0 fully saturated rings. The number of nitrogens with two attached hydrogens (primary N) is 1. The summed E-state index contributed by atoms with van der Waals surface area (Å²) in [7, 11) is 1.90. The second kappa shape index (κ2) is 10.8. The second-order valence-electron chi connectivity index (χ2n) is 4.61. The van der Waals surface area contributed by atoms with Crippen molar-refractivity contribution in [1.29, 1.82) is 0 Å². The summed E-state index contributed by atoms with van der Waals surface area (Å²) in [6, 6.07) is 0. The van der Waals surface area contributed by atoms with E-state index in [0.717, 1.165) is 10.9 Å². The zero-order valence-electron chi connectivity index (χ0n) is 14.7. The molecule has 0 aliphatic rings. The van der Waals surface area contributed by atoms with Crippen molar-refractivity contribution in [3.63, 3.8) is 0 Å². The highest BCUT2D eigenvalue weighted by Gasteiger charge is 2.09. The van der Waals surface area contributed by atoms with Gasteiger partial charge in [0.25, 0.3) is 0 Å². The summed E-state index contributed by atoms with van der Waals surface area (Å²) >= 11 is 1.32. The normalized spacial score (nSPS) is 10.9. The predicted octanol–water partition coefficient (Wildman–Crippen LogP) is 3.59. The number of aryl methyl sites for hydroxylation is 1. The molecule has 0 saturated carbocycles. The first-order valence-electron chi connectivity index (χ1n) is 7.50. The fraction of sp³-hybridized carbons (Fsp3) is 0.176. The van der Waals surface area contributed by atoms with Gasteiger partial charge in [0.15, 0.2) is 5.16 Å². The number of nitrogens with zero attached hydrogens (tertiary/aromatic N) is 5. The van der Waals surface area contributed by atoms with E-state index in [1.165, 1.54) is 11.8 Å². The quantitative estimate of drug-likeness (QED) is 0.602. The molecule has 2 aromatic rings. The van der Waals surface area contributed by atoms with Crippen LogP contribution in [0.25, 0.3) is 0 Å². The predicted molar refractivity (Wildman–Crippen MR) is 104 cm³/mol. The van der Waals surface area contributed by atoms with Gasteiger partial charge in [-0.25, -0.2) is 4.98 Å². The molecule has 25 heavy (non-hydrogen) atoms. The molecule has 0 unspecified atom stereocenters. The van der Waals surface area contributed by atoms with E-state index in [1.54, 1.807) is 18.3 Å². The van der Waals surface area contributed by atoms with E-state index in [4.69, 9.17) is 5.73 Å². The van der Waals surface area contributed by atoms with Crippen LogP contribution in [0.3, 0.4) is 0 Å². The Morgan fingerprint density at radius 3 is 2.56 bits per heavy atom. The molecule has 0 amide bonds. The Morgan fingerprint density at radius 1 is 1.28 bits per heavy atom. The van der Waals surface area contributed by atoms with Crippen LogP contribution in [0.5, 0.6) is 0 Å². The van der Waals surface area contributed by atoms with E-state index >= 15 is 0 Å². The molecule has 3 N–H and O–H groups in total. The first kappa shape index (κ1) is 20.2. The molecule has 0 spiro atoms. The van der Waals surface area contributed by atoms with Gasteiger partial charge in [-0.2, -0.15) is 15.0 Å². The minimum Gasteiger partial charge on any atom is -0.368 e. The van der Waals surface area contributed by atoms with E-state index < -0.39 is 0 Å². The molecular formula is C17H23N7S. The fourth-order valence-electron chi connectivity index (χ4n) is 1.58. The van der Waals surface area contributed by atoms with Crippen molar-refractivity contribution in [2.24, 2.45) is 7.05 Å². The molecular weight excluding hydrogens is 334 g/mol. The molecule has 0 aromatic carbocycles. The van der Waals surface area contributed by atoms with Crippen molar-refractivity contribution < 1.29 is 0 Å². The number of nitrogens with one attached hydrogen (secondary N) is 1. The first-order valence-corrected chi connectivity index (χ1v) is 8.31. The summed E-state index contributed by atoms with van der Waals surface area (Å²) in [5.74, 6) is 0.517. The number of allylic oxidation sites excluding steroid dienone is 5. The number of hydrogen-bond donors (Lipinski definition) is 2. The average Bonchev–Trinajstić information content (AvgIpc) is 2.93. The van der Waals surface area contributed by atoms with Crippen LogP contribution in [0.4, 0.5) is 11.9 Å². The van der Waals surface area contributed by atoms with Crippen LogP contribution >= 0.6 is 11.8 Å². The Hall–Kier alpha value is -2.87. The van der Waals surface area contributed by atoms with Gasteiger partial charge in [-0.1, -0.05) is 24.8 Å². The Kier molecular flexibility index (Phi) is 8.73. The highest BCUT2D eigenvalue weighted by Crippen LogP contribution is 2.23. The summed E-state index contributed by atoms with van der Waals surface area (Å²) in [6.07, 6.45) is 12.6. The SMILES string of the molecule is C=C/C=C(\C=C/C)Nc1nc(N)nc(Sc2nccn2C)n1.C=CC. The standard InChI is InChI=1S/C14H17N7S.C3H6/c1-4-6-10(7-5-2)17-12-18-11(15)19-13(20-12)22-14-16-8-9-21(14)3;1-3-2/h4-9H,1H2,2-3H3,(H3,15,17,18,19,20);3H,1H2,2H3/b7-5-,10-6+;. The van der Waals surface area contributed by atoms with E-state index in [1.807, 2.05) is 49.9 Å². The molecule has 0 radical (unpaired) electrons. The topological polar surface area (TPSA) is 94.5 Å². The zero-order valence-corrected chi connectivity index (χ0v) is 15.5. The molecule has 2 aromatic heterocycles. The van der Waals surface area contributed by atoms with E-state index in [-0.39, 0.29) is 5.95 Å². The van der Waals surface area contributed by atoms with E-state index in [2.05, 4.69) is 38.4 Å². The van der Waals surface area contributed by atoms with Gasteiger partial charge in [0.1, 0.15) is 0 Å². The maximum absolute atomic E-state index is 5.75. The van der Waals surface area contributed by atoms with Crippen LogP contribution in [0, 0.1) is 0 Å². The molecule has 0 bridgehead atoms. The smallest absolute Gasteiger partial charge is 0.233 e. The summed E-state index contributed by atoms with van der Waals surface area (Å²) < 4.78 is 1.88. The summed E-state index contributed by atoms with van der Waals surface area (Å²) in [6.45, 7) is 10.8. The number of nitrogen functional groups attached to an aromatic ring is 1. The maximum Gasteiger partial charge on any atom is 0.233 e. The minimum absolute atomic E-state index is 0.146. The maximum atomic E-state index is 5.75. The lowest BCUT2D eigenvalue weighted by Gasteiger charge is -2.07. The van der Waals surface area contributed by atoms with Gasteiger partial charge >= 0.3 is 0 Å². The largest absolute Gasteiger partial charge is 0.368 e. The zero-order chi connectivity index (χ0) is 18.7. The lowest BCUT2D eigenvalue weighted by atomic mass is 10.3. The Balaban J connectivity index is 0.000000970. The molecule has 2 heterocycles. The molecule has 0 atom stereocenters. The lowest BCUT2D eigenvalue weighted by Crippen LogP contribution is -2.07. The monoisotopic (exact) mass is 357 g/mol. The molecule has 7 nitrogen and oxygen atoms in total. The van der Waals surface area contributed by atoms with Crippen LogP contribution in [0.15, 0.2) is 71.9 Å². The van der Waals surface area contributed by atoms with Crippen molar-refractivity contribution in [2.75, 3.05) is 11.1 Å². The summed E-state index contributed by atoms with van der Waals surface area (Å²) in [5.41, 5.74) is 6.55. The number of rotatable bonds is 6. The van der Waals surface area contributed by atoms with Gasteiger partial charge in [-0.05, 0) is 37.8 Å². The Bertz CT molecular complexity index is 762. The van der Waals surface area contributed by atoms with Crippen LogP contribution in [-0.2, 0) is 7.05 Å². The van der Waals surface area contributed by atoms with Crippen molar-refractivity contribution in [1.82, 2.24) is 24.5 Å². The third-order valence-corrected chi connectivity index (χ3v) is 3.43. The average molecular weight is 357 g/mol. The number of anilines is 2. The van der Waals surface area contributed by atoms with Crippen molar-refractivity contribution in [3.05, 3.63) is 61.6 Å². The highest BCUT2D eigenvalue weighted by atomic mass is 32.2. The molecule has 132 valence electrons. The van der Waals surface area contributed by atoms with E-state index in [9.17, 15) is 0 Å². The van der Waals surface area contributed by atoms with Crippen molar-refractivity contribution >= 4 is 23.7 Å². The van der Waals surface area contributed by atoms with Gasteiger partial charge in [0, 0.05) is 25.1 Å². The molecule has 8 heteroatoms. The molecule has 0 saturated heterocycles. The van der Waals surface area contributed by atoms with Gasteiger partial charge < -0.3 is 15.6 Å². The van der Waals surface area contributed by atoms with Gasteiger partial charge in [-0.3, -0.25) is 0 Å². The minimum atomic E-state index is 0.146. The van der Waals surface area contributed by atoms with Crippen LogP contribution in [0.2, 0.25) is 0 Å². The molecule has 2 rings (SSSR count).